The highest BCUT2D eigenvalue weighted by Gasteiger charge is 2.22. The van der Waals surface area contributed by atoms with E-state index in [1.165, 1.54) is 6.20 Å². The maximum Gasteiger partial charge on any atom is 0.413 e. The van der Waals surface area contributed by atoms with Crippen LogP contribution < -0.4 is 21.1 Å². The van der Waals surface area contributed by atoms with Gasteiger partial charge < -0.3 is 20.5 Å². The van der Waals surface area contributed by atoms with Crippen LogP contribution in [-0.2, 0) is 4.74 Å². The molecular weight excluding hydrogens is 439 g/mol. The molecule has 176 valence electrons. The van der Waals surface area contributed by atoms with Crippen molar-refractivity contribution in [3.8, 4) is 23.6 Å². The van der Waals surface area contributed by atoms with Crippen LogP contribution in [-0.4, -0.2) is 35.3 Å². The second-order valence-corrected chi connectivity index (χ2v) is 8.13. The van der Waals surface area contributed by atoms with Gasteiger partial charge in [0.25, 0.3) is 0 Å². The number of nitrogens with two attached hydrogens (primary N) is 1. The number of nitrogens with one attached hydrogen (secondary N) is 2. The number of hydrogen-bond donors (Lipinski definition) is 3. The van der Waals surface area contributed by atoms with Gasteiger partial charge in [0, 0.05) is 42.0 Å². The van der Waals surface area contributed by atoms with Crippen molar-refractivity contribution in [2.24, 2.45) is 0 Å². The number of halogens is 1. The van der Waals surface area contributed by atoms with Gasteiger partial charge in [0.2, 0.25) is 5.88 Å². The minimum absolute atomic E-state index is 0.00795. The minimum atomic E-state index is -0.542. The van der Waals surface area contributed by atoms with Crippen LogP contribution >= 0.6 is 0 Å². The van der Waals surface area contributed by atoms with Crippen LogP contribution in [0.5, 0.6) is 5.88 Å². The topological polar surface area (TPSA) is 135 Å². The Balaban J connectivity index is 0.00000133. The molecule has 3 aromatic rings. The number of hydrogen-bond acceptors (Lipinski definition) is 8. The molecule has 3 heterocycles. The van der Waals surface area contributed by atoms with Gasteiger partial charge >= 0.3 is 6.09 Å². The minimum Gasteiger partial charge on any atom is -0.474 e. The van der Waals surface area contributed by atoms with Crippen molar-refractivity contribution in [2.45, 2.75) is 38.7 Å². The number of carbonyl (C=O) groups is 1. The number of rotatable bonds is 3. The molecular formula is C24H25FN6O3. The summed E-state index contributed by atoms with van der Waals surface area (Å²) in [6, 6.07) is 3.35. The highest BCUT2D eigenvalue weighted by Crippen LogP contribution is 2.39. The largest absolute Gasteiger partial charge is 0.474 e. The van der Waals surface area contributed by atoms with Gasteiger partial charge in [-0.15, -0.1) is 0 Å². The summed E-state index contributed by atoms with van der Waals surface area (Å²) >= 11 is 0. The fourth-order valence-corrected chi connectivity index (χ4v) is 4.35. The lowest BCUT2D eigenvalue weighted by Crippen LogP contribution is -2.20. The van der Waals surface area contributed by atoms with Crippen LogP contribution in [0.25, 0.3) is 21.9 Å². The molecule has 0 atom stereocenters. The molecule has 0 saturated heterocycles. The van der Waals surface area contributed by atoms with Gasteiger partial charge in [0.1, 0.15) is 24.2 Å². The Morgan fingerprint density at radius 2 is 2.03 bits per heavy atom. The number of nitrogens with zero attached hydrogens (tertiary/aromatic N) is 3. The number of ether oxygens (including phenoxy) is 2. The van der Waals surface area contributed by atoms with E-state index in [1.807, 2.05) is 6.92 Å². The number of benzene rings is 1. The van der Waals surface area contributed by atoms with E-state index in [2.05, 4.69) is 27.2 Å². The first-order chi connectivity index (χ1) is 16.5. The molecule has 1 aromatic carbocycles. The van der Waals surface area contributed by atoms with Crippen molar-refractivity contribution in [2.75, 3.05) is 29.5 Å². The Hall–Kier alpha value is -4.13. The lowest BCUT2D eigenvalue weighted by Gasteiger charge is -2.22. The maximum absolute atomic E-state index is 15.2. The van der Waals surface area contributed by atoms with Crippen molar-refractivity contribution >= 4 is 34.1 Å². The number of carbonyl (C=O) groups excluding carboxylic acids is 1. The molecule has 2 aliphatic rings. The smallest absolute Gasteiger partial charge is 0.413 e. The zero-order chi connectivity index (χ0) is 24.2. The Morgan fingerprint density at radius 1 is 1.26 bits per heavy atom. The molecule has 1 aliphatic heterocycles. The quantitative estimate of drug-likeness (QED) is 0.472. The van der Waals surface area contributed by atoms with E-state index in [-0.39, 0.29) is 11.8 Å². The SMILES string of the molecule is C#N.Cc1c(-c2cc3cc(NC(=O)OC4CCCC4)ncc3c(N)c2F)cnc2c1NCCO2. The molecule has 1 aliphatic carbocycles. The number of amides is 1. The molecule has 34 heavy (non-hydrogen) atoms. The zero-order valence-electron chi connectivity index (χ0n) is 18.7. The summed E-state index contributed by atoms with van der Waals surface area (Å²) in [4.78, 5) is 20.7. The van der Waals surface area contributed by atoms with Crippen molar-refractivity contribution in [1.29, 1.82) is 5.26 Å². The van der Waals surface area contributed by atoms with Crippen LogP contribution in [0.4, 0.5) is 26.4 Å². The first-order valence-electron chi connectivity index (χ1n) is 11.0. The van der Waals surface area contributed by atoms with Gasteiger partial charge in [-0.2, -0.15) is 0 Å². The second kappa shape index (κ2) is 9.79. The Labute approximate surface area is 196 Å². The average Bonchev–Trinajstić information content (AvgIpc) is 3.36. The Kier molecular flexibility index (Phi) is 6.63. The first kappa shape index (κ1) is 23.0. The van der Waals surface area contributed by atoms with Crippen LogP contribution in [0.3, 0.4) is 0 Å². The van der Waals surface area contributed by atoms with Gasteiger partial charge in [-0.1, -0.05) is 0 Å². The third kappa shape index (κ3) is 4.37. The van der Waals surface area contributed by atoms with Crippen molar-refractivity contribution < 1.29 is 18.7 Å². The fourth-order valence-electron chi connectivity index (χ4n) is 4.35. The predicted molar refractivity (Wildman–Crippen MR) is 127 cm³/mol. The molecule has 0 unspecified atom stereocenters. The molecule has 0 radical (unpaired) electrons. The van der Waals surface area contributed by atoms with Gasteiger partial charge in [-0.05, 0) is 55.7 Å². The van der Waals surface area contributed by atoms with E-state index in [4.69, 9.17) is 20.5 Å². The molecule has 0 spiro atoms. The summed E-state index contributed by atoms with van der Waals surface area (Å²) in [5.74, 6) is 0.276. The number of aromatic nitrogens is 2. The van der Waals surface area contributed by atoms with E-state index < -0.39 is 11.9 Å². The summed E-state index contributed by atoms with van der Waals surface area (Å²) < 4.78 is 26.2. The third-order valence-electron chi connectivity index (χ3n) is 6.04. The van der Waals surface area contributed by atoms with Crippen molar-refractivity contribution in [3.05, 3.63) is 35.9 Å². The molecule has 1 saturated carbocycles. The number of pyridine rings is 2. The van der Waals surface area contributed by atoms with Crippen LogP contribution in [0.15, 0.2) is 24.5 Å². The van der Waals surface area contributed by atoms with Gasteiger partial charge in [0.05, 0.1) is 5.69 Å². The van der Waals surface area contributed by atoms with E-state index in [0.717, 1.165) is 36.9 Å². The summed E-state index contributed by atoms with van der Waals surface area (Å²) in [6.45, 7) is 6.57. The van der Waals surface area contributed by atoms with Crippen LogP contribution in [0.1, 0.15) is 31.2 Å². The molecule has 5 rings (SSSR count). The molecule has 10 heteroatoms. The normalized spacial score (nSPS) is 14.8. The van der Waals surface area contributed by atoms with Crippen LogP contribution in [0.2, 0.25) is 0 Å². The summed E-state index contributed by atoms with van der Waals surface area (Å²) in [5.41, 5.74) is 8.61. The highest BCUT2D eigenvalue weighted by molar-refractivity contribution is 5.99. The van der Waals surface area contributed by atoms with E-state index in [1.54, 1.807) is 18.3 Å². The van der Waals surface area contributed by atoms with Crippen LogP contribution in [0, 0.1) is 24.6 Å². The van der Waals surface area contributed by atoms with Gasteiger partial charge in [-0.25, -0.2) is 24.4 Å². The zero-order valence-corrected chi connectivity index (χ0v) is 18.7. The van der Waals surface area contributed by atoms with E-state index in [9.17, 15) is 4.79 Å². The first-order valence-corrected chi connectivity index (χ1v) is 11.0. The van der Waals surface area contributed by atoms with Gasteiger partial charge in [-0.3, -0.25) is 5.32 Å². The Bertz CT molecular complexity index is 1260. The molecule has 1 amide bonds. The number of anilines is 3. The summed E-state index contributed by atoms with van der Waals surface area (Å²) in [7, 11) is 0. The predicted octanol–water partition coefficient (Wildman–Crippen LogP) is 4.76. The average molecular weight is 465 g/mol. The fraction of sp³-hybridized carbons (Fsp3) is 0.333. The van der Waals surface area contributed by atoms with Crippen molar-refractivity contribution in [3.63, 3.8) is 0 Å². The molecule has 9 nitrogen and oxygen atoms in total. The van der Waals surface area contributed by atoms with Gasteiger partial charge in [0.15, 0.2) is 5.82 Å². The number of fused-ring (bicyclic) bond motifs is 2. The van der Waals surface area contributed by atoms with E-state index >= 15 is 4.39 Å². The lowest BCUT2D eigenvalue weighted by atomic mass is 9.97. The maximum atomic E-state index is 15.2. The van der Waals surface area contributed by atoms with E-state index in [0.29, 0.717) is 46.7 Å². The summed E-state index contributed by atoms with van der Waals surface area (Å²) in [6.07, 6.45) is 6.35. The van der Waals surface area contributed by atoms with Crippen molar-refractivity contribution in [1.82, 2.24) is 9.97 Å². The number of nitriles is 1. The molecule has 0 bridgehead atoms. The molecule has 1 fully saturated rings. The Morgan fingerprint density at radius 3 is 2.79 bits per heavy atom. The molecule has 4 N–H and O–H groups in total. The number of nitrogen functional groups attached to an aromatic ring is 1. The second-order valence-electron chi connectivity index (χ2n) is 8.13. The third-order valence-corrected chi connectivity index (χ3v) is 6.04. The lowest BCUT2D eigenvalue weighted by molar-refractivity contribution is 0.114. The standard InChI is InChI=1S/C23H24FN5O3.CHN/c1-12-16(10-28-22-21(12)26-6-7-31-22)15-8-13-9-18(27-11-17(13)20(25)19(15)24)29-23(30)32-14-4-2-3-5-14;1-2/h8-11,14,26H,2-7,25H2,1H3,(H,27,29,30);1H. The monoisotopic (exact) mass is 464 g/mol. The highest BCUT2D eigenvalue weighted by atomic mass is 19.1. The molecule has 2 aromatic heterocycles. The summed E-state index contributed by atoms with van der Waals surface area (Å²) in [5, 5.41) is 13.5.